The van der Waals surface area contributed by atoms with E-state index >= 15 is 0 Å². The molecule has 0 aromatic carbocycles. The van der Waals surface area contributed by atoms with Crippen LogP contribution in [0.25, 0.3) is 0 Å². The average Bonchev–Trinajstić information content (AvgIpc) is 0.811. The fraction of sp³-hybridized carbons (Fsp3) is 1.00. The van der Waals surface area contributed by atoms with Crippen LogP contribution in [-0.2, 0) is 0 Å². The minimum atomic E-state index is -1.75. The third-order valence-corrected chi connectivity index (χ3v) is 0. The van der Waals surface area contributed by atoms with Crippen LogP contribution in [0.3, 0.4) is 0 Å². The van der Waals surface area contributed by atoms with Crippen LogP contribution in [0.15, 0.2) is 0 Å². The van der Waals surface area contributed by atoms with Gasteiger partial charge in [-0.15, -0.1) is 6.82 Å². The highest BCUT2D eigenvalue weighted by Crippen LogP contribution is 1.51. The minimum Gasteiger partial charge on any atom is -0.586 e. The van der Waals surface area contributed by atoms with E-state index in [4.69, 9.17) is 10.0 Å². The summed E-state index contributed by atoms with van der Waals surface area (Å²) in [5.74, 6) is 0. The summed E-state index contributed by atoms with van der Waals surface area (Å²) >= 11 is 0. The molecule has 0 atom stereocenters. The molecule has 0 bridgehead atoms. The van der Waals surface area contributed by atoms with E-state index in [1.165, 1.54) is 6.82 Å². The van der Waals surface area contributed by atoms with Crippen molar-refractivity contribution in [3.63, 3.8) is 0 Å². The summed E-state index contributed by atoms with van der Waals surface area (Å²) in [6.45, 7) is 1.36. The second-order valence-electron chi connectivity index (χ2n) is 0.774. The zero-order valence-electron chi connectivity index (χ0n) is 2.60. The molecule has 0 rings (SSSR count). The van der Waals surface area contributed by atoms with Crippen LogP contribution in [0.2, 0.25) is 6.82 Å². The molecule has 4 heavy (non-hydrogen) atoms. The molecule has 0 heterocycles. The van der Waals surface area contributed by atoms with E-state index in [9.17, 15) is 0 Å². The lowest BCUT2D eigenvalue weighted by Crippen LogP contribution is -2.00. The summed E-state index contributed by atoms with van der Waals surface area (Å²) in [6, 6.07) is 0. The van der Waals surface area contributed by atoms with Gasteiger partial charge in [0.25, 0.3) is 0 Å². The monoisotopic (exact) mass is 61.0 g/mol. The first-order valence-electron chi connectivity index (χ1n) is 1.34. The molecule has 0 aliphatic rings. The Bertz CT molecular complexity index is 10.8. The lowest BCUT2D eigenvalue weighted by atomic mass is 9.99. The lowest BCUT2D eigenvalue weighted by molar-refractivity contribution is 0.417. The Hall–Kier alpha value is -0.0151. The molecule has 26 valence electrons. The normalized spacial score (nSPS) is 9.00. The van der Waals surface area contributed by atoms with Gasteiger partial charge in [0, 0.05) is 0 Å². The van der Waals surface area contributed by atoms with Gasteiger partial charge in [0.05, 0.1) is 0 Å². The third-order valence-electron chi connectivity index (χ3n) is 0. The van der Waals surface area contributed by atoms with Crippen molar-refractivity contribution in [2.45, 2.75) is 6.82 Å². The molecule has 0 fully saturated rings. The van der Waals surface area contributed by atoms with Crippen LogP contribution in [0.4, 0.5) is 0 Å². The van der Waals surface area contributed by atoms with Crippen molar-refractivity contribution in [1.82, 2.24) is 0 Å². The van der Waals surface area contributed by atoms with Crippen molar-refractivity contribution >= 4 is 7.12 Å². The van der Waals surface area contributed by atoms with Crippen molar-refractivity contribution < 1.29 is 10.0 Å². The molecule has 2 nitrogen and oxygen atoms in total. The van der Waals surface area contributed by atoms with Crippen molar-refractivity contribution in [3.8, 4) is 0 Å². The van der Waals surface area contributed by atoms with Gasteiger partial charge in [-0.25, -0.2) is 0 Å². The van der Waals surface area contributed by atoms with Gasteiger partial charge in [-0.05, 0) is 0 Å². The highest BCUT2D eigenvalue weighted by atomic mass is 16.4. The van der Waals surface area contributed by atoms with Gasteiger partial charge < -0.3 is 10.0 Å². The quantitative estimate of drug-likeness (QED) is 0.346. The zero-order valence-corrected chi connectivity index (χ0v) is 2.60. The van der Waals surface area contributed by atoms with Crippen molar-refractivity contribution in [2.24, 2.45) is 0 Å². The number of hydrogen-bond donors (Lipinski definition) is 2. The average molecular weight is 60.9 g/mol. The molecule has 0 spiro atoms. The highest BCUT2D eigenvalue weighted by Gasteiger charge is 1.66. The third kappa shape index (κ3) is 8480. The predicted molar refractivity (Wildman–Crippen MR) is 17.5 cm³/mol. The SMILES string of the molecule is C[BH-](O)O. The first kappa shape index (κ1) is 3.98. The first-order valence-corrected chi connectivity index (χ1v) is 1.34. The van der Waals surface area contributed by atoms with Crippen molar-refractivity contribution in [2.75, 3.05) is 0 Å². The molecule has 0 aliphatic heterocycles. The van der Waals surface area contributed by atoms with Crippen LogP contribution in [0, 0.1) is 0 Å². The van der Waals surface area contributed by atoms with E-state index in [1.807, 2.05) is 0 Å². The number of hydrogen-bond acceptors (Lipinski definition) is 2. The zero-order chi connectivity index (χ0) is 3.58. The molecule has 0 aliphatic carbocycles. The van der Waals surface area contributed by atoms with Crippen LogP contribution in [-0.4, -0.2) is 17.2 Å². The topological polar surface area (TPSA) is 40.5 Å². The fourth-order valence-corrected chi connectivity index (χ4v) is 0. The molecule has 0 radical (unpaired) electrons. The van der Waals surface area contributed by atoms with Gasteiger partial charge in [0.1, 0.15) is 0 Å². The Morgan fingerprint density at radius 3 is 1.50 bits per heavy atom. The lowest BCUT2D eigenvalue weighted by Gasteiger charge is -1.89. The molecule has 2 N–H and O–H groups in total. The van der Waals surface area contributed by atoms with Crippen LogP contribution in [0.5, 0.6) is 0 Å². The van der Waals surface area contributed by atoms with E-state index in [0.717, 1.165) is 0 Å². The highest BCUT2D eigenvalue weighted by molar-refractivity contribution is 6.38. The molecule has 3 heteroatoms. The largest absolute Gasteiger partial charge is 0.586 e. The van der Waals surface area contributed by atoms with Crippen molar-refractivity contribution in [3.05, 3.63) is 0 Å². The van der Waals surface area contributed by atoms with E-state index in [0.29, 0.717) is 0 Å². The molecule has 0 saturated carbocycles. The maximum absolute atomic E-state index is 7.69. The van der Waals surface area contributed by atoms with E-state index < -0.39 is 7.12 Å². The summed E-state index contributed by atoms with van der Waals surface area (Å²) < 4.78 is 0. The Kier molecular flexibility index (Phi) is 1.31. The van der Waals surface area contributed by atoms with Gasteiger partial charge in [-0.3, -0.25) is 0 Å². The smallest absolute Gasteiger partial charge is 0.217 e. The van der Waals surface area contributed by atoms with Gasteiger partial charge >= 0.3 is 0 Å². The molecular weight excluding hydrogens is 54.8 g/mol. The summed E-state index contributed by atoms with van der Waals surface area (Å²) in [5, 5.41) is 15.4. The molecule has 0 amide bonds. The Morgan fingerprint density at radius 1 is 1.50 bits per heavy atom. The second-order valence-corrected chi connectivity index (χ2v) is 0.774. The van der Waals surface area contributed by atoms with Gasteiger partial charge in [-0.1, -0.05) is 0 Å². The Balaban J connectivity index is 2.32. The molecule has 0 unspecified atom stereocenters. The standard InChI is InChI=1S/CH6BO2/c1-2(3)4/h2-4H,1H3/q-1. The summed E-state index contributed by atoms with van der Waals surface area (Å²) in [5.41, 5.74) is 0. The summed E-state index contributed by atoms with van der Waals surface area (Å²) in [4.78, 5) is 0. The van der Waals surface area contributed by atoms with Crippen LogP contribution in [0.1, 0.15) is 0 Å². The van der Waals surface area contributed by atoms with E-state index in [1.54, 1.807) is 0 Å². The molecule has 0 saturated heterocycles. The van der Waals surface area contributed by atoms with Gasteiger partial charge in [0.15, 0.2) is 0 Å². The Labute approximate surface area is 25.2 Å². The maximum atomic E-state index is 7.69. The molecule has 0 aromatic rings. The fourth-order valence-electron chi connectivity index (χ4n) is 0. The van der Waals surface area contributed by atoms with Crippen molar-refractivity contribution in [1.29, 1.82) is 0 Å². The van der Waals surface area contributed by atoms with Crippen LogP contribution < -0.4 is 0 Å². The summed E-state index contributed by atoms with van der Waals surface area (Å²) in [6.07, 6.45) is 0. The van der Waals surface area contributed by atoms with Crippen LogP contribution >= 0.6 is 0 Å². The van der Waals surface area contributed by atoms with E-state index in [-0.39, 0.29) is 0 Å². The van der Waals surface area contributed by atoms with E-state index in [2.05, 4.69) is 0 Å². The first-order chi connectivity index (χ1) is 1.73. The van der Waals surface area contributed by atoms with Gasteiger partial charge in [0.2, 0.25) is 7.12 Å². The minimum absolute atomic E-state index is 1.36. The maximum Gasteiger partial charge on any atom is 0.217 e. The number of rotatable bonds is 0. The second kappa shape index (κ2) is 1.32. The Morgan fingerprint density at radius 2 is 1.50 bits per heavy atom. The molecule has 0 aromatic heterocycles. The van der Waals surface area contributed by atoms with Gasteiger partial charge in [-0.2, -0.15) is 0 Å². The molecular formula is CH6BO2-. The summed E-state index contributed by atoms with van der Waals surface area (Å²) in [7, 11) is -1.75. The predicted octanol–water partition coefficient (Wildman–Crippen LogP) is -1.18.